The van der Waals surface area contributed by atoms with E-state index in [1.165, 1.54) is 24.0 Å². The van der Waals surface area contributed by atoms with E-state index < -0.39 is 0 Å². The third kappa shape index (κ3) is 3.30. The molecule has 1 amide bonds. The van der Waals surface area contributed by atoms with E-state index in [1.807, 2.05) is 30.3 Å². The van der Waals surface area contributed by atoms with Crippen molar-refractivity contribution in [3.63, 3.8) is 0 Å². The average Bonchev–Trinajstić information content (AvgIpc) is 2.60. The fourth-order valence-corrected chi connectivity index (χ4v) is 3.65. The molecule has 0 bridgehead atoms. The lowest BCUT2D eigenvalue weighted by Gasteiger charge is -2.29. The normalized spacial score (nSPS) is 16.7. The highest BCUT2D eigenvalue weighted by Gasteiger charge is 2.30. The zero-order chi connectivity index (χ0) is 16.2. The van der Waals surface area contributed by atoms with Gasteiger partial charge in [-0.2, -0.15) is 0 Å². The van der Waals surface area contributed by atoms with Gasteiger partial charge in [0.25, 0.3) is 5.56 Å². The van der Waals surface area contributed by atoms with E-state index in [-0.39, 0.29) is 30.5 Å². The monoisotopic (exact) mass is 331 g/mol. The zero-order valence-electron chi connectivity index (χ0n) is 12.5. The highest BCUT2D eigenvalue weighted by atomic mass is 32.2. The molecule has 1 aliphatic heterocycles. The lowest BCUT2D eigenvalue weighted by Crippen LogP contribution is -2.43. The summed E-state index contributed by atoms with van der Waals surface area (Å²) in [5.41, 5.74) is 0.606. The molecular weight excluding hydrogens is 314 g/mol. The second-order valence-electron chi connectivity index (χ2n) is 5.23. The Morgan fingerprint density at radius 1 is 1.35 bits per heavy atom. The van der Waals surface area contributed by atoms with E-state index in [2.05, 4.69) is 4.98 Å². The molecule has 6 nitrogen and oxygen atoms in total. The van der Waals surface area contributed by atoms with Crippen molar-refractivity contribution in [1.82, 2.24) is 9.55 Å². The Labute approximate surface area is 137 Å². The topological polar surface area (TPSA) is 75.4 Å². The summed E-state index contributed by atoms with van der Waals surface area (Å²) in [6, 6.07) is 10.7. The van der Waals surface area contributed by atoms with Gasteiger partial charge in [0, 0.05) is 36.8 Å². The molecule has 0 radical (unpaired) electrons. The van der Waals surface area contributed by atoms with E-state index in [1.54, 1.807) is 9.47 Å². The molecule has 0 saturated carbocycles. The maximum Gasteiger partial charge on any atom is 0.254 e. The van der Waals surface area contributed by atoms with Crippen molar-refractivity contribution < 1.29 is 9.90 Å². The van der Waals surface area contributed by atoms with Gasteiger partial charge >= 0.3 is 0 Å². The zero-order valence-corrected chi connectivity index (χ0v) is 13.3. The van der Waals surface area contributed by atoms with Gasteiger partial charge in [-0.1, -0.05) is 30.0 Å². The third-order valence-corrected chi connectivity index (χ3v) is 4.88. The van der Waals surface area contributed by atoms with Crippen LogP contribution in [-0.4, -0.2) is 39.5 Å². The summed E-state index contributed by atoms with van der Waals surface area (Å²) in [4.78, 5) is 30.6. The van der Waals surface area contributed by atoms with Crippen LogP contribution in [0.3, 0.4) is 0 Å². The van der Waals surface area contributed by atoms with E-state index in [9.17, 15) is 14.7 Å². The number of hydrogen-bond acceptors (Lipinski definition) is 5. The molecule has 1 atom stereocenters. The first-order chi connectivity index (χ1) is 11.2. The van der Waals surface area contributed by atoms with Gasteiger partial charge in [-0.25, -0.2) is 4.98 Å². The fourth-order valence-electron chi connectivity index (χ4n) is 2.59. The summed E-state index contributed by atoms with van der Waals surface area (Å²) in [6.07, 6.45) is 1.49. The van der Waals surface area contributed by atoms with Gasteiger partial charge in [0.1, 0.15) is 0 Å². The number of carbonyl (C=O) groups excluding carboxylic acids is 1. The number of aliphatic hydroxyl groups is 1. The SMILES string of the molecule is O=C(C1CSc2nccc(=O)n2C1)N(CCO)c1ccccc1. The molecule has 1 aromatic carbocycles. The van der Waals surface area contributed by atoms with Crippen LogP contribution in [0.4, 0.5) is 5.69 Å². The molecule has 2 heterocycles. The number of fused-ring (bicyclic) bond motifs is 1. The molecule has 1 aromatic heterocycles. The molecule has 0 saturated heterocycles. The lowest BCUT2D eigenvalue weighted by molar-refractivity contribution is -0.122. The first-order valence-electron chi connectivity index (χ1n) is 7.36. The molecular formula is C16H17N3O3S. The maximum absolute atomic E-state index is 12.9. The van der Waals surface area contributed by atoms with Gasteiger partial charge in [-0.15, -0.1) is 0 Å². The molecule has 1 aliphatic rings. The Morgan fingerprint density at radius 3 is 2.87 bits per heavy atom. The minimum atomic E-state index is -0.318. The van der Waals surface area contributed by atoms with Crippen LogP contribution >= 0.6 is 11.8 Å². The number of aromatic nitrogens is 2. The van der Waals surface area contributed by atoms with Crippen LogP contribution in [0.2, 0.25) is 0 Å². The Bertz CT molecular complexity index is 748. The number of amides is 1. The van der Waals surface area contributed by atoms with Gasteiger partial charge in [0.05, 0.1) is 12.5 Å². The van der Waals surface area contributed by atoms with Gasteiger partial charge in [-0.3, -0.25) is 14.2 Å². The first-order valence-corrected chi connectivity index (χ1v) is 8.35. The number of thioether (sulfide) groups is 1. The number of anilines is 1. The Morgan fingerprint density at radius 2 is 2.13 bits per heavy atom. The largest absolute Gasteiger partial charge is 0.395 e. The van der Waals surface area contributed by atoms with Crippen LogP contribution in [0.15, 0.2) is 52.5 Å². The number of hydrogen-bond donors (Lipinski definition) is 1. The predicted octanol–water partition coefficient (Wildman–Crippen LogP) is 0.991. The van der Waals surface area contributed by atoms with Gasteiger partial charge in [0.15, 0.2) is 5.16 Å². The van der Waals surface area contributed by atoms with Crippen molar-refractivity contribution >= 4 is 23.4 Å². The number of rotatable bonds is 4. The summed E-state index contributed by atoms with van der Waals surface area (Å²) in [5.74, 6) is 0.171. The molecule has 3 rings (SSSR count). The molecule has 2 aromatic rings. The number of nitrogens with zero attached hydrogens (tertiary/aromatic N) is 3. The van der Waals surface area contributed by atoms with Crippen molar-refractivity contribution in [2.24, 2.45) is 5.92 Å². The summed E-state index contributed by atoms with van der Waals surface area (Å²) in [7, 11) is 0. The molecule has 0 aliphatic carbocycles. The Balaban J connectivity index is 1.85. The van der Waals surface area contributed by atoms with Crippen molar-refractivity contribution in [3.8, 4) is 0 Å². The number of carbonyl (C=O) groups is 1. The quantitative estimate of drug-likeness (QED) is 0.846. The van der Waals surface area contributed by atoms with Crippen LogP contribution < -0.4 is 10.5 Å². The van der Waals surface area contributed by atoms with E-state index in [0.29, 0.717) is 17.5 Å². The minimum absolute atomic E-state index is 0.0841. The fraction of sp³-hybridized carbons (Fsp3) is 0.312. The number of benzene rings is 1. The standard InChI is InChI=1S/C16H17N3O3S/c20-9-8-18(13-4-2-1-3-5-13)15(22)12-10-19-14(21)6-7-17-16(19)23-11-12/h1-7,12,20H,8-11H2. The Kier molecular flexibility index (Phi) is 4.78. The highest BCUT2D eigenvalue weighted by molar-refractivity contribution is 7.99. The van der Waals surface area contributed by atoms with Crippen molar-refractivity contribution in [3.05, 3.63) is 52.9 Å². The van der Waals surface area contributed by atoms with Gasteiger partial charge in [0.2, 0.25) is 5.91 Å². The van der Waals surface area contributed by atoms with Crippen LogP contribution in [0.1, 0.15) is 0 Å². The first kappa shape index (κ1) is 15.8. The summed E-state index contributed by atoms with van der Waals surface area (Å²) >= 11 is 1.41. The molecule has 23 heavy (non-hydrogen) atoms. The average molecular weight is 331 g/mol. The number of para-hydroxylation sites is 1. The van der Waals surface area contributed by atoms with E-state index >= 15 is 0 Å². The minimum Gasteiger partial charge on any atom is -0.395 e. The smallest absolute Gasteiger partial charge is 0.254 e. The maximum atomic E-state index is 12.9. The highest BCUT2D eigenvalue weighted by Crippen LogP contribution is 2.27. The second kappa shape index (κ2) is 6.97. The molecule has 1 unspecified atom stereocenters. The van der Waals surface area contributed by atoms with Crippen molar-refractivity contribution in [2.45, 2.75) is 11.7 Å². The third-order valence-electron chi connectivity index (χ3n) is 3.72. The summed E-state index contributed by atoms with van der Waals surface area (Å²) in [6.45, 7) is 0.444. The van der Waals surface area contributed by atoms with E-state index in [0.717, 1.165) is 5.69 Å². The lowest BCUT2D eigenvalue weighted by atomic mass is 10.1. The van der Waals surface area contributed by atoms with Crippen molar-refractivity contribution in [2.75, 3.05) is 23.8 Å². The van der Waals surface area contributed by atoms with E-state index in [4.69, 9.17) is 0 Å². The summed E-state index contributed by atoms with van der Waals surface area (Å²) < 4.78 is 1.54. The molecule has 0 fully saturated rings. The molecule has 1 N–H and O–H groups in total. The van der Waals surface area contributed by atoms with Gasteiger partial charge < -0.3 is 10.0 Å². The second-order valence-corrected chi connectivity index (χ2v) is 6.22. The number of aliphatic hydroxyl groups excluding tert-OH is 1. The summed E-state index contributed by atoms with van der Waals surface area (Å²) in [5, 5.41) is 9.93. The van der Waals surface area contributed by atoms with Crippen LogP contribution in [0.5, 0.6) is 0 Å². The molecule has 7 heteroatoms. The van der Waals surface area contributed by atoms with Crippen LogP contribution in [0.25, 0.3) is 0 Å². The van der Waals surface area contributed by atoms with Crippen LogP contribution in [0, 0.1) is 5.92 Å². The molecule has 0 spiro atoms. The van der Waals surface area contributed by atoms with Crippen molar-refractivity contribution in [1.29, 1.82) is 0 Å². The molecule has 120 valence electrons. The Hall–Kier alpha value is -2.12. The van der Waals surface area contributed by atoms with Crippen LogP contribution in [-0.2, 0) is 11.3 Å². The van der Waals surface area contributed by atoms with Gasteiger partial charge in [-0.05, 0) is 12.1 Å². The predicted molar refractivity (Wildman–Crippen MR) is 88.6 cm³/mol.